The number of carbonyl (C=O) groups excluding carboxylic acids is 4. The van der Waals surface area contributed by atoms with E-state index < -0.39 is 102 Å². The largest absolute Gasteiger partial charge is 0.480 e. The van der Waals surface area contributed by atoms with Crippen molar-refractivity contribution >= 4 is 47.5 Å². The average molecular weight is 885 g/mol. The molecule has 0 aliphatic heterocycles. The zero-order chi connectivity index (χ0) is 46.9. The van der Waals surface area contributed by atoms with Crippen LogP contribution in [0.3, 0.4) is 0 Å². The molecular formula is C37H64N4O20. The van der Waals surface area contributed by atoms with Crippen LogP contribution in [0.2, 0.25) is 0 Å². The highest BCUT2D eigenvalue weighted by Gasteiger charge is 2.34. The van der Waals surface area contributed by atoms with Gasteiger partial charge in [-0.2, -0.15) is 0 Å². The molecule has 61 heavy (non-hydrogen) atoms. The minimum absolute atomic E-state index is 0.0574. The molecule has 0 aromatic rings. The van der Waals surface area contributed by atoms with Crippen molar-refractivity contribution in [1.82, 2.24) is 21.3 Å². The van der Waals surface area contributed by atoms with Crippen molar-refractivity contribution in [2.45, 2.75) is 77.5 Å². The Balaban J connectivity index is 5.67. The third-order valence-electron chi connectivity index (χ3n) is 8.00. The SMILES string of the molecule is CC(C)(NC(=O)COCCOCC(COCCOCC(=O)NC(C)(C)C(=O)O)(COCCOCC(=O)NC(C)(C)C(=O)O)COCCOCC(=O)NC(C)(C)C(=O)O)C(=O)O. The van der Waals surface area contributed by atoms with Gasteiger partial charge in [-0.05, 0) is 55.4 Å². The van der Waals surface area contributed by atoms with Crippen LogP contribution in [-0.4, -0.2) is 196 Å². The van der Waals surface area contributed by atoms with Crippen LogP contribution in [0.4, 0.5) is 0 Å². The maximum Gasteiger partial charge on any atom is 0.328 e. The number of hydrogen-bond donors (Lipinski definition) is 8. The number of aliphatic carboxylic acids is 4. The van der Waals surface area contributed by atoms with E-state index in [1.54, 1.807) is 0 Å². The van der Waals surface area contributed by atoms with E-state index in [-0.39, 0.29) is 79.3 Å². The summed E-state index contributed by atoms with van der Waals surface area (Å²) in [5.41, 5.74) is -7.18. The summed E-state index contributed by atoms with van der Waals surface area (Å²) >= 11 is 0. The van der Waals surface area contributed by atoms with Gasteiger partial charge in [-0.25, -0.2) is 19.2 Å². The molecule has 0 aromatic heterocycles. The lowest BCUT2D eigenvalue weighted by Crippen LogP contribution is -2.50. The van der Waals surface area contributed by atoms with Crippen molar-refractivity contribution in [2.75, 3.05) is 106 Å². The van der Waals surface area contributed by atoms with Gasteiger partial charge in [0.25, 0.3) is 0 Å². The molecule has 0 aliphatic rings. The maximum atomic E-state index is 12.2. The van der Waals surface area contributed by atoms with E-state index in [9.17, 15) is 58.8 Å². The quantitative estimate of drug-likeness (QED) is 0.0316. The van der Waals surface area contributed by atoms with Crippen LogP contribution >= 0.6 is 0 Å². The molecule has 0 aliphatic carbocycles. The van der Waals surface area contributed by atoms with Gasteiger partial charge >= 0.3 is 23.9 Å². The number of hydrogen-bond acceptors (Lipinski definition) is 16. The van der Waals surface area contributed by atoms with Gasteiger partial charge in [0.2, 0.25) is 23.6 Å². The first-order chi connectivity index (χ1) is 28.2. The Bertz CT molecular complexity index is 1240. The highest BCUT2D eigenvalue weighted by atomic mass is 16.6. The van der Waals surface area contributed by atoms with Crippen molar-refractivity contribution in [1.29, 1.82) is 0 Å². The summed E-state index contributed by atoms with van der Waals surface area (Å²) in [5, 5.41) is 46.2. The van der Waals surface area contributed by atoms with E-state index in [2.05, 4.69) is 21.3 Å². The van der Waals surface area contributed by atoms with E-state index in [0.717, 1.165) is 0 Å². The molecule has 0 heterocycles. The Morgan fingerprint density at radius 2 is 0.492 bits per heavy atom. The number of ether oxygens (including phenoxy) is 8. The van der Waals surface area contributed by atoms with E-state index in [1.807, 2.05) is 0 Å². The fourth-order valence-electron chi connectivity index (χ4n) is 4.29. The van der Waals surface area contributed by atoms with Gasteiger partial charge in [0, 0.05) is 0 Å². The van der Waals surface area contributed by atoms with Crippen molar-refractivity contribution in [3.05, 3.63) is 0 Å². The summed E-state index contributed by atoms with van der Waals surface area (Å²) < 4.78 is 44.8. The zero-order valence-electron chi connectivity index (χ0n) is 36.1. The van der Waals surface area contributed by atoms with E-state index in [1.165, 1.54) is 55.4 Å². The zero-order valence-corrected chi connectivity index (χ0v) is 36.1. The maximum absolute atomic E-state index is 12.2. The normalized spacial score (nSPS) is 12.3. The lowest BCUT2D eigenvalue weighted by atomic mass is 9.92. The molecule has 4 amide bonds. The molecular weight excluding hydrogens is 820 g/mol. The van der Waals surface area contributed by atoms with E-state index >= 15 is 0 Å². The van der Waals surface area contributed by atoms with Crippen LogP contribution in [0.25, 0.3) is 0 Å². The van der Waals surface area contributed by atoms with Crippen LogP contribution in [-0.2, 0) is 76.3 Å². The molecule has 8 N–H and O–H groups in total. The Hall–Kier alpha value is -4.56. The molecule has 24 heteroatoms. The Morgan fingerprint density at radius 1 is 0.328 bits per heavy atom. The first kappa shape index (κ1) is 56.4. The number of carboxylic acids is 4. The summed E-state index contributed by atoms with van der Waals surface area (Å²) in [4.78, 5) is 93.8. The molecule has 0 spiro atoms. The molecule has 0 saturated carbocycles. The van der Waals surface area contributed by atoms with Gasteiger partial charge in [-0.15, -0.1) is 0 Å². The molecule has 0 bridgehead atoms. The van der Waals surface area contributed by atoms with Gasteiger partial charge in [-0.3, -0.25) is 19.2 Å². The van der Waals surface area contributed by atoms with E-state index in [4.69, 9.17) is 37.9 Å². The molecule has 24 nitrogen and oxygen atoms in total. The molecule has 0 unspecified atom stereocenters. The Labute approximate surface area is 353 Å². The highest BCUT2D eigenvalue weighted by Crippen LogP contribution is 2.21. The summed E-state index contributed by atoms with van der Waals surface area (Å²) in [6.45, 7) is 7.67. The highest BCUT2D eigenvalue weighted by molar-refractivity contribution is 5.88. The van der Waals surface area contributed by atoms with Crippen LogP contribution in [0.1, 0.15) is 55.4 Å². The Kier molecular flexibility index (Phi) is 25.4. The van der Waals surface area contributed by atoms with Crippen molar-refractivity contribution in [2.24, 2.45) is 5.41 Å². The number of carboxylic acid groups (broad SMARTS) is 4. The topological polar surface area (TPSA) is 339 Å². The summed E-state index contributed by atoms with van der Waals surface area (Å²) in [5.74, 6) is -7.63. The molecule has 0 radical (unpaired) electrons. The van der Waals surface area contributed by atoms with Crippen LogP contribution in [0, 0.1) is 5.41 Å². The van der Waals surface area contributed by atoms with Crippen molar-refractivity contribution < 1.29 is 96.7 Å². The van der Waals surface area contributed by atoms with Crippen molar-refractivity contribution in [3.63, 3.8) is 0 Å². The fraction of sp³-hybridized carbons (Fsp3) is 0.784. The minimum atomic E-state index is -1.52. The van der Waals surface area contributed by atoms with Crippen LogP contribution in [0.15, 0.2) is 0 Å². The van der Waals surface area contributed by atoms with Gasteiger partial charge in [0.05, 0.1) is 84.7 Å². The molecule has 0 atom stereocenters. The molecule has 0 fully saturated rings. The minimum Gasteiger partial charge on any atom is -0.480 e. The molecule has 0 saturated heterocycles. The van der Waals surface area contributed by atoms with Gasteiger partial charge in [-0.1, -0.05) is 0 Å². The molecule has 0 aromatic carbocycles. The summed E-state index contributed by atoms with van der Waals surface area (Å²) in [7, 11) is 0. The summed E-state index contributed by atoms with van der Waals surface area (Å²) in [6.07, 6.45) is 0. The monoisotopic (exact) mass is 884 g/mol. The number of rotatable bonds is 36. The smallest absolute Gasteiger partial charge is 0.328 e. The Morgan fingerprint density at radius 3 is 0.656 bits per heavy atom. The lowest BCUT2D eigenvalue weighted by molar-refractivity contribution is -0.147. The van der Waals surface area contributed by atoms with Crippen LogP contribution < -0.4 is 21.3 Å². The van der Waals surface area contributed by atoms with Crippen molar-refractivity contribution in [3.8, 4) is 0 Å². The lowest BCUT2D eigenvalue weighted by Gasteiger charge is -2.33. The number of amides is 4. The first-order valence-electron chi connectivity index (χ1n) is 19.0. The number of nitrogens with one attached hydrogen (secondary N) is 4. The second-order valence-corrected chi connectivity index (χ2v) is 15.8. The van der Waals surface area contributed by atoms with Gasteiger partial charge in [0.15, 0.2) is 0 Å². The standard InChI is InChI=1S/C37H64N4O20/c1-33(2,29(46)47)38-25(42)17-54-9-13-58-21-37(22-59-14-10-55-18-26(43)39-34(3,4)30(48)49,23-60-15-11-56-19-27(44)40-35(5,6)31(50)51)24-61-16-12-57-20-28(45)41-36(7,8)32(52)53/h9-24H2,1-8H3,(H,38,42)(H,39,43)(H,40,44)(H,41,45)(H,46,47)(H,48,49)(H,50,51)(H,52,53). The predicted octanol–water partition coefficient (Wildman–Crippen LogP) is -1.98. The second kappa shape index (κ2) is 27.4. The van der Waals surface area contributed by atoms with Gasteiger partial charge in [0.1, 0.15) is 48.6 Å². The third kappa shape index (κ3) is 25.1. The molecule has 0 rings (SSSR count). The predicted molar refractivity (Wildman–Crippen MR) is 208 cm³/mol. The fourth-order valence-corrected chi connectivity index (χ4v) is 4.29. The van der Waals surface area contributed by atoms with Gasteiger partial charge < -0.3 is 79.6 Å². The molecule has 352 valence electrons. The third-order valence-corrected chi connectivity index (χ3v) is 8.00. The van der Waals surface area contributed by atoms with E-state index in [0.29, 0.717) is 0 Å². The first-order valence-corrected chi connectivity index (χ1v) is 19.0. The summed E-state index contributed by atoms with van der Waals surface area (Å²) in [6, 6.07) is 0. The number of carbonyl (C=O) groups is 8. The van der Waals surface area contributed by atoms with Crippen LogP contribution in [0.5, 0.6) is 0 Å². The average Bonchev–Trinajstić information content (AvgIpc) is 3.12. The second-order valence-electron chi connectivity index (χ2n) is 15.8.